The van der Waals surface area contributed by atoms with E-state index in [2.05, 4.69) is 10.3 Å². The third kappa shape index (κ3) is 4.94. The van der Waals surface area contributed by atoms with Crippen LogP contribution in [-0.2, 0) is 27.1 Å². The molecule has 0 radical (unpaired) electrons. The van der Waals surface area contributed by atoms with Crippen LogP contribution < -0.4 is 5.32 Å². The van der Waals surface area contributed by atoms with Gasteiger partial charge in [-0.1, -0.05) is 11.6 Å². The Morgan fingerprint density at radius 2 is 2.03 bits per heavy atom. The summed E-state index contributed by atoms with van der Waals surface area (Å²) in [7, 11) is 0. The lowest BCUT2D eigenvalue weighted by atomic mass is 9.95. The average Bonchev–Trinajstić information content (AvgIpc) is 3.05. The summed E-state index contributed by atoms with van der Waals surface area (Å²) in [6, 6.07) is 2.81. The van der Waals surface area contributed by atoms with Crippen molar-refractivity contribution in [3.8, 4) is 0 Å². The molecule has 1 amide bonds. The van der Waals surface area contributed by atoms with Gasteiger partial charge in [-0.3, -0.25) is 4.79 Å². The second-order valence-corrected chi connectivity index (χ2v) is 8.03. The van der Waals surface area contributed by atoms with Crippen molar-refractivity contribution >= 4 is 45.8 Å². The lowest BCUT2D eigenvalue weighted by molar-refractivity contribution is -0.123. The molecule has 154 valence electrons. The van der Waals surface area contributed by atoms with Crippen LogP contribution in [0.1, 0.15) is 57.8 Å². The topological polar surface area (TPSA) is 94.6 Å². The van der Waals surface area contributed by atoms with Crippen LogP contribution in [0.15, 0.2) is 18.3 Å². The van der Waals surface area contributed by atoms with Crippen LogP contribution in [0.4, 0.5) is 5.00 Å². The Morgan fingerprint density at radius 1 is 1.28 bits per heavy atom. The Morgan fingerprint density at radius 3 is 2.76 bits per heavy atom. The van der Waals surface area contributed by atoms with Gasteiger partial charge in [0.25, 0.3) is 5.91 Å². The highest BCUT2D eigenvalue weighted by Crippen LogP contribution is 2.38. The number of nitrogens with zero attached hydrogens (tertiary/aromatic N) is 1. The normalized spacial score (nSPS) is 13.9. The van der Waals surface area contributed by atoms with Gasteiger partial charge in [-0.15, -0.1) is 11.3 Å². The van der Waals surface area contributed by atoms with Gasteiger partial charge in [-0.05, 0) is 57.2 Å². The van der Waals surface area contributed by atoms with E-state index in [9.17, 15) is 14.4 Å². The molecule has 2 aromatic rings. The van der Waals surface area contributed by atoms with Gasteiger partial charge in [0.2, 0.25) is 0 Å². The number of carbonyl (C=O) groups excluding carboxylic acids is 3. The number of fused-ring (bicyclic) bond motifs is 1. The number of hydrogen-bond acceptors (Lipinski definition) is 7. The maximum atomic E-state index is 12.6. The number of thiophene rings is 1. The van der Waals surface area contributed by atoms with Gasteiger partial charge in [0.15, 0.2) is 6.10 Å². The average molecular weight is 437 g/mol. The van der Waals surface area contributed by atoms with E-state index in [1.165, 1.54) is 36.6 Å². The molecule has 0 spiro atoms. The Kier molecular flexibility index (Phi) is 6.87. The minimum Gasteiger partial charge on any atom is -0.462 e. The lowest BCUT2D eigenvalue weighted by Gasteiger charge is -2.14. The summed E-state index contributed by atoms with van der Waals surface area (Å²) in [5, 5.41) is 3.33. The van der Waals surface area contributed by atoms with E-state index >= 15 is 0 Å². The van der Waals surface area contributed by atoms with Crippen LogP contribution in [0.2, 0.25) is 5.15 Å². The van der Waals surface area contributed by atoms with Crippen molar-refractivity contribution in [1.82, 2.24) is 4.98 Å². The number of anilines is 1. The van der Waals surface area contributed by atoms with Crippen LogP contribution in [0, 0.1) is 0 Å². The fourth-order valence-corrected chi connectivity index (χ4v) is 4.55. The van der Waals surface area contributed by atoms with E-state index in [4.69, 9.17) is 21.1 Å². The largest absolute Gasteiger partial charge is 0.462 e. The predicted octanol–water partition coefficient (Wildman–Crippen LogP) is 4.04. The van der Waals surface area contributed by atoms with E-state index in [0.717, 1.165) is 36.1 Å². The van der Waals surface area contributed by atoms with E-state index in [-0.39, 0.29) is 17.3 Å². The molecule has 0 fully saturated rings. The van der Waals surface area contributed by atoms with Crippen molar-refractivity contribution in [3.05, 3.63) is 45.1 Å². The summed E-state index contributed by atoms with van der Waals surface area (Å²) in [4.78, 5) is 42.2. The number of halogens is 1. The van der Waals surface area contributed by atoms with Crippen molar-refractivity contribution in [2.24, 2.45) is 0 Å². The van der Waals surface area contributed by atoms with Gasteiger partial charge in [0.1, 0.15) is 10.2 Å². The van der Waals surface area contributed by atoms with Gasteiger partial charge in [-0.25, -0.2) is 14.6 Å². The molecule has 1 atom stereocenters. The van der Waals surface area contributed by atoms with Crippen molar-refractivity contribution in [1.29, 1.82) is 0 Å². The third-order valence-electron chi connectivity index (χ3n) is 4.50. The van der Waals surface area contributed by atoms with Crippen molar-refractivity contribution in [2.45, 2.75) is 45.6 Å². The van der Waals surface area contributed by atoms with Gasteiger partial charge < -0.3 is 14.8 Å². The molecule has 1 unspecified atom stereocenters. The highest BCUT2D eigenvalue weighted by Gasteiger charge is 2.29. The first kappa shape index (κ1) is 21.3. The van der Waals surface area contributed by atoms with Crippen LogP contribution in [-0.4, -0.2) is 35.5 Å². The molecular weight excluding hydrogens is 416 g/mol. The number of pyridine rings is 1. The Bertz CT molecular complexity index is 943. The van der Waals surface area contributed by atoms with Crippen molar-refractivity contribution in [2.75, 3.05) is 11.9 Å². The molecule has 29 heavy (non-hydrogen) atoms. The lowest BCUT2D eigenvalue weighted by Crippen LogP contribution is -2.30. The van der Waals surface area contributed by atoms with E-state index in [1.54, 1.807) is 6.92 Å². The summed E-state index contributed by atoms with van der Waals surface area (Å²) in [5.74, 6) is -1.66. The van der Waals surface area contributed by atoms with E-state index in [1.807, 2.05) is 0 Å². The number of aryl methyl sites for hydroxylation is 1. The monoisotopic (exact) mass is 436 g/mol. The number of amides is 1. The number of ether oxygens (including phenoxy) is 2. The fraction of sp³-hybridized carbons (Fsp3) is 0.400. The number of nitrogens with one attached hydrogen (secondary N) is 1. The molecule has 0 bridgehead atoms. The SMILES string of the molecule is CCOC(=O)c1c(NC(=O)C(C)OC(=O)c2ccnc(Cl)c2)sc2c1CCCC2. The molecule has 2 heterocycles. The van der Waals surface area contributed by atoms with Crippen LogP contribution in [0.25, 0.3) is 0 Å². The summed E-state index contributed by atoms with van der Waals surface area (Å²) in [6.07, 6.45) is 4.01. The molecule has 0 aliphatic heterocycles. The number of aromatic nitrogens is 1. The number of carbonyl (C=O) groups is 3. The molecule has 3 rings (SSSR count). The maximum absolute atomic E-state index is 12.6. The number of hydrogen-bond donors (Lipinski definition) is 1. The summed E-state index contributed by atoms with van der Waals surface area (Å²) >= 11 is 7.16. The number of esters is 2. The molecule has 0 saturated carbocycles. The zero-order chi connectivity index (χ0) is 21.0. The molecule has 1 N–H and O–H groups in total. The Labute approximate surface area is 177 Å². The summed E-state index contributed by atoms with van der Waals surface area (Å²) in [5.41, 5.74) is 1.56. The zero-order valence-electron chi connectivity index (χ0n) is 16.1. The van der Waals surface area contributed by atoms with E-state index < -0.39 is 23.9 Å². The minimum atomic E-state index is -1.07. The minimum absolute atomic E-state index is 0.153. The quantitative estimate of drug-likeness (QED) is 0.542. The summed E-state index contributed by atoms with van der Waals surface area (Å²) < 4.78 is 10.4. The Balaban J connectivity index is 1.75. The highest BCUT2D eigenvalue weighted by atomic mass is 35.5. The third-order valence-corrected chi connectivity index (χ3v) is 5.92. The first-order chi connectivity index (χ1) is 13.9. The highest BCUT2D eigenvalue weighted by molar-refractivity contribution is 7.17. The predicted molar refractivity (Wildman–Crippen MR) is 110 cm³/mol. The van der Waals surface area contributed by atoms with Crippen LogP contribution in [0.5, 0.6) is 0 Å². The van der Waals surface area contributed by atoms with Gasteiger partial charge >= 0.3 is 11.9 Å². The first-order valence-electron chi connectivity index (χ1n) is 9.35. The molecule has 7 nitrogen and oxygen atoms in total. The second-order valence-electron chi connectivity index (χ2n) is 6.54. The maximum Gasteiger partial charge on any atom is 0.341 e. The molecule has 0 aromatic carbocycles. The molecular formula is C20H21ClN2O5S. The molecule has 9 heteroatoms. The van der Waals surface area contributed by atoms with Gasteiger partial charge in [0.05, 0.1) is 17.7 Å². The van der Waals surface area contributed by atoms with Crippen molar-refractivity contribution in [3.63, 3.8) is 0 Å². The van der Waals surface area contributed by atoms with Gasteiger partial charge in [-0.2, -0.15) is 0 Å². The fourth-order valence-electron chi connectivity index (χ4n) is 3.10. The zero-order valence-corrected chi connectivity index (χ0v) is 17.7. The Hall–Kier alpha value is -2.45. The number of rotatable bonds is 6. The summed E-state index contributed by atoms with van der Waals surface area (Å²) in [6.45, 7) is 3.45. The molecule has 2 aromatic heterocycles. The molecule has 0 saturated heterocycles. The first-order valence-corrected chi connectivity index (χ1v) is 10.5. The second kappa shape index (κ2) is 9.37. The van der Waals surface area contributed by atoms with E-state index in [0.29, 0.717) is 10.6 Å². The van der Waals surface area contributed by atoms with Gasteiger partial charge in [0, 0.05) is 11.1 Å². The molecule has 1 aliphatic rings. The van der Waals surface area contributed by atoms with Crippen LogP contribution in [0.3, 0.4) is 0 Å². The smallest absolute Gasteiger partial charge is 0.341 e. The standard InChI is InChI=1S/C20H21ClN2O5S/c1-3-27-20(26)16-13-6-4-5-7-14(13)29-18(16)23-17(24)11(2)28-19(25)12-8-9-22-15(21)10-12/h8-11H,3-7H2,1-2H3,(H,23,24). The van der Waals surface area contributed by atoms with Crippen molar-refractivity contribution < 1.29 is 23.9 Å². The molecule has 1 aliphatic carbocycles. The van der Waals surface area contributed by atoms with Crippen LogP contribution >= 0.6 is 22.9 Å².